The molecule has 2 aromatic rings. The first-order valence-electron chi connectivity index (χ1n) is 6.38. The Kier molecular flexibility index (Phi) is 3.24. The Hall–Kier alpha value is -2.57. The van der Waals surface area contributed by atoms with E-state index in [2.05, 4.69) is 6.07 Å². The summed E-state index contributed by atoms with van der Waals surface area (Å²) < 4.78 is 5.82. The lowest BCUT2D eigenvalue weighted by Gasteiger charge is -2.09. The van der Waals surface area contributed by atoms with E-state index in [0.29, 0.717) is 6.61 Å². The third-order valence-corrected chi connectivity index (χ3v) is 3.41. The van der Waals surface area contributed by atoms with Gasteiger partial charge in [0.2, 0.25) is 0 Å². The summed E-state index contributed by atoms with van der Waals surface area (Å²) in [6.07, 6.45) is 1.55. The third-order valence-electron chi connectivity index (χ3n) is 3.41. The van der Waals surface area contributed by atoms with Crippen LogP contribution in [0.15, 0.2) is 48.5 Å². The van der Waals surface area contributed by atoms with E-state index in [1.807, 2.05) is 42.5 Å². The molecule has 1 N–H and O–H groups in total. The lowest BCUT2D eigenvalue weighted by atomic mass is 9.93. The molecule has 1 aliphatic rings. The maximum absolute atomic E-state index is 9.24. The molecule has 0 amide bonds. The van der Waals surface area contributed by atoms with Crippen molar-refractivity contribution in [3.05, 3.63) is 70.8 Å². The van der Waals surface area contributed by atoms with Gasteiger partial charge in [-0.15, -0.1) is 0 Å². The fraction of sp³-hybridized carbons (Fsp3) is 0.118. The number of nitrogens with zero attached hydrogens (tertiary/aromatic N) is 1. The van der Waals surface area contributed by atoms with Crippen LogP contribution in [0.4, 0.5) is 0 Å². The Balaban J connectivity index is 2.23. The van der Waals surface area contributed by atoms with Crippen molar-refractivity contribution >= 4 is 5.57 Å². The molecule has 0 spiro atoms. The van der Waals surface area contributed by atoms with Crippen LogP contribution in [0.25, 0.3) is 5.57 Å². The Bertz CT molecular complexity index is 726. The smallest absolute Gasteiger partial charge is 0.127 e. The average Bonchev–Trinajstić information content (AvgIpc) is 2.65. The maximum Gasteiger partial charge on any atom is 0.127 e. The van der Waals surface area contributed by atoms with Gasteiger partial charge in [-0.05, 0) is 28.8 Å². The second-order valence-corrected chi connectivity index (χ2v) is 4.62. The average molecular weight is 263 g/mol. The SMILES string of the molecule is N#C/C=C1/c2ccc(CO)cc2COc2ccccc21. The van der Waals surface area contributed by atoms with Crippen molar-refractivity contribution in [2.24, 2.45) is 0 Å². The van der Waals surface area contributed by atoms with Crippen molar-refractivity contribution in [1.29, 1.82) is 5.26 Å². The molecule has 0 saturated carbocycles. The van der Waals surface area contributed by atoms with Gasteiger partial charge in [0, 0.05) is 17.2 Å². The maximum atomic E-state index is 9.24. The van der Waals surface area contributed by atoms with Crippen molar-refractivity contribution in [1.82, 2.24) is 0 Å². The zero-order valence-electron chi connectivity index (χ0n) is 10.8. The highest BCUT2D eigenvalue weighted by atomic mass is 16.5. The monoisotopic (exact) mass is 263 g/mol. The Labute approximate surface area is 117 Å². The molecule has 0 aliphatic carbocycles. The number of para-hydroxylation sites is 1. The predicted octanol–water partition coefficient (Wildman–Crippen LogP) is 3.03. The number of ether oxygens (including phenoxy) is 1. The van der Waals surface area contributed by atoms with Crippen LogP contribution in [0, 0.1) is 11.3 Å². The summed E-state index contributed by atoms with van der Waals surface area (Å²) in [5.74, 6) is 0.774. The molecular formula is C17H13NO2. The largest absolute Gasteiger partial charge is 0.488 e. The summed E-state index contributed by atoms with van der Waals surface area (Å²) in [5.41, 5.74) is 4.59. The summed E-state index contributed by atoms with van der Waals surface area (Å²) >= 11 is 0. The topological polar surface area (TPSA) is 53.2 Å². The van der Waals surface area contributed by atoms with E-state index in [1.165, 1.54) is 0 Å². The van der Waals surface area contributed by atoms with E-state index in [0.717, 1.165) is 33.6 Å². The molecular weight excluding hydrogens is 250 g/mol. The number of aliphatic hydroxyl groups is 1. The molecule has 2 aromatic carbocycles. The zero-order valence-corrected chi connectivity index (χ0v) is 10.8. The van der Waals surface area contributed by atoms with Gasteiger partial charge < -0.3 is 9.84 Å². The van der Waals surface area contributed by atoms with E-state index < -0.39 is 0 Å². The first kappa shape index (κ1) is 12.5. The lowest BCUT2D eigenvalue weighted by Crippen LogP contribution is -1.97. The number of fused-ring (bicyclic) bond motifs is 2. The van der Waals surface area contributed by atoms with Crippen molar-refractivity contribution < 1.29 is 9.84 Å². The number of benzene rings is 2. The minimum Gasteiger partial charge on any atom is -0.488 e. The Morgan fingerprint density at radius 1 is 1.20 bits per heavy atom. The second-order valence-electron chi connectivity index (χ2n) is 4.62. The van der Waals surface area contributed by atoms with E-state index >= 15 is 0 Å². The molecule has 0 saturated heterocycles. The van der Waals surface area contributed by atoms with Crippen LogP contribution in [-0.2, 0) is 13.2 Å². The first-order valence-corrected chi connectivity index (χ1v) is 6.38. The van der Waals surface area contributed by atoms with E-state index in [9.17, 15) is 5.11 Å². The number of nitriles is 1. The fourth-order valence-corrected chi connectivity index (χ4v) is 2.46. The molecule has 3 rings (SSSR count). The highest BCUT2D eigenvalue weighted by Crippen LogP contribution is 2.36. The molecule has 0 aromatic heterocycles. The molecule has 3 heteroatoms. The summed E-state index contributed by atoms with van der Waals surface area (Å²) in [7, 11) is 0. The third kappa shape index (κ3) is 2.07. The quantitative estimate of drug-likeness (QED) is 0.805. The van der Waals surface area contributed by atoms with Crippen molar-refractivity contribution in [3.8, 4) is 11.8 Å². The molecule has 0 fully saturated rings. The molecule has 1 heterocycles. The van der Waals surface area contributed by atoms with Crippen molar-refractivity contribution in [2.75, 3.05) is 0 Å². The Morgan fingerprint density at radius 3 is 2.85 bits per heavy atom. The van der Waals surface area contributed by atoms with Gasteiger partial charge in [0.15, 0.2) is 0 Å². The van der Waals surface area contributed by atoms with Crippen LogP contribution < -0.4 is 4.74 Å². The normalized spacial score (nSPS) is 14.7. The van der Waals surface area contributed by atoms with Crippen LogP contribution >= 0.6 is 0 Å². The molecule has 0 bridgehead atoms. The predicted molar refractivity (Wildman–Crippen MR) is 75.8 cm³/mol. The van der Waals surface area contributed by atoms with Gasteiger partial charge in [-0.25, -0.2) is 0 Å². The van der Waals surface area contributed by atoms with E-state index in [1.54, 1.807) is 6.08 Å². The van der Waals surface area contributed by atoms with Crippen molar-refractivity contribution in [2.45, 2.75) is 13.2 Å². The van der Waals surface area contributed by atoms with Gasteiger partial charge in [0.05, 0.1) is 12.7 Å². The van der Waals surface area contributed by atoms with E-state index in [-0.39, 0.29) is 6.61 Å². The molecule has 3 nitrogen and oxygen atoms in total. The van der Waals surface area contributed by atoms with Crippen LogP contribution in [0.1, 0.15) is 22.3 Å². The number of hydrogen-bond acceptors (Lipinski definition) is 3. The van der Waals surface area contributed by atoms with Crippen LogP contribution in [0.3, 0.4) is 0 Å². The van der Waals surface area contributed by atoms with Gasteiger partial charge in [-0.2, -0.15) is 5.26 Å². The summed E-state index contributed by atoms with van der Waals surface area (Å²) in [6.45, 7) is 0.431. The number of aliphatic hydroxyl groups excluding tert-OH is 1. The standard InChI is InChI=1S/C17H13NO2/c18-8-7-15-14-6-5-12(10-19)9-13(14)11-20-17-4-2-1-3-16(15)17/h1-7,9,19H,10-11H2/b15-7-. The molecule has 20 heavy (non-hydrogen) atoms. The van der Waals surface area contributed by atoms with Gasteiger partial charge >= 0.3 is 0 Å². The lowest BCUT2D eigenvalue weighted by molar-refractivity contribution is 0.280. The zero-order chi connectivity index (χ0) is 13.9. The van der Waals surface area contributed by atoms with Crippen LogP contribution in [-0.4, -0.2) is 5.11 Å². The summed E-state index contributed by atoms with van der Waals surface area (Å²) in [6, 6.07) is 15.5. The van der Waals surface area contributed by atoms with Gasteiger partial charge in [0.1, 0.15) is 12.4 Å². The molecule has 98 valence electrons. The van der Waals surface area contributed by atoms with Gasteiger partial charge in [-0.1, -0.05) is 30.3 Å². The Morgan fingerprint density at radius 2 is 2.05 bits per heavy atom. The molecule has 0 radical (unpaired) electrons. The fourth-order valence-electron chi connectivity index (χ4n) is 2.46. The van der Waals surface area contributed by atoms with Crippen molar-refractivity contribution in [3.63, 3.8) is 0 Å². The minimum absolute atomic E-state index is 0.00245. The number of rotatable bonds is 1. The number of hydrogen-bond donors (Lipinski definition) is 1. The highest BCUT2D eigenvalue weighted by molar-refractivity contribution is 5.86. The first-order chi connectivity index (χ1) is 9.83. The summed E-state index contributed by atoms with van der Waals surface area (Å²) in [4.78, 5) is 0. The molecule has 0 unspecified atom stereocenters. The summed E-state index contributed by atoms with van der Waals surface area (Å²) in [5, 5.41) is 18.3. The number of allylic oxidation sites excluding steroid dienone is 1. The van der Waals surface area contributed by atoms with Gasteiger partial charge in [0.25, 0.3) is 0 Å². The molecule has 0 atom stereocenters. The van der Waals surface area contributed by atoms with E-state index in [4.69, 9.17) is 10.00 Å². The second kappa shape index (κ2) is 5.20. The highest BCUT2D eigenvalue weighted by Gasteiger charge is 2.18. The minimum atomic E-state index is -0.00245. The molecule has 1 aliphatic heterocycles. The van der Waals surface area contributed by atoms with Crippen LogP contribution in [0.2, 0.25) is 0 Å². The van der Waals surface area contributed by atoms with Gasteiger partial charge in [-0.3, -0.25) is 0 Å². The van der Waals surface area contributed by atoms with Crippen LogP contribution in [0.5, 0.6) is 5.75 Å².